The van der Waals surface area contributed by atoms with Crippen LogP contribution in [-0.4, -0.2) is 31.4 Å². The van der Waals surface area contributed by atoms with E-state index in [-0.39, 0.29) is 0 Å². The third-order valence-electron chi connectivity index (χ3n) is 0.285. The molecule has 0 spiro atoms. The van der Waals surface area contributed by atoms with E-state index in [1.54, 1.807) is 13.2 Å². The molecular formula is C4H11BO3. The average Bonchev–Trinajstić information content (AvgIpc) is 1.71. The van der Waals surface area contributed by atoms with Crippen LogP contribution in [0.1, 0.15) is 0 Å². The zero-order valence-corrected chi connectivity index (χ0v) is 5.00. The summed E-state index contributed by atoms with van der Waals surface area (Å²) in [5.41, 5.74) is 0. The molecule has 0 heterocycles. The van der Waals surface area contributed by atoms with E-state index in [2.05, 4.69) is 11.3 Å². The lowest BCUT2D eigenvalue weighted by Crippen LogP contribution is -1.76. The Morgan fingerprint density at radius 1 is 1.75 bits per heavy atom. The summed E-state index contributed by atoms with van der Waals surface area (Å²) in [6.45, 7) is 4.08. The Morgan fingerprint density at radius 3 is 2.12 bits per heavy atom. The highest BCUT2D eigenvalue weighted by molar-refractivity contribution is 6.13. The molecule has 3 nitrogen and oxygen atoms in total. The highest BCUT2D eigenvalue weighted by atomic mass is 16.5. The summed E-state index contributed by atoms with van der Waals surface area (Å²) in [7, 11) is 0.891. The Kier molecular flexibility index (Phi) is 21.1. The van der Waals surface area contributed by atoms with Gasteiger partial charge in [-0.15, -0.1) is 6.58 Å². The molecule has 0 radical (unpaired) electrons. The summed E-state index contributed by atoms with van der Waals surface area (Å²) >= 11 is 0. The van der Waals surface area contributed by atoms with Gasteiger partial charge < -0.3 is 14.8 Å². The Bertz CT molecular complexity index is 40.3. The minimum absolute atomic E-state index is 0.653. The Balaban J connectivity index is 0. The molecule has 48 valence electrons. The van der Waals surface area contributed by atoms with Crippen LogP contribution >= 0.6 is 0 Å². The molecule has 0 atom stereocenters. The van der Waals surface area contributed by atoms with Crippen molar-refractivity contribution in [1.29, 1.82) is 0 Å². The summed E-state index contributed by atoms with van der Waals surface area (Å²) < 4.78 is 4.57. The van der Waals surface area contributed by atoms with Crippen LogP contribution in [0.5, 0.6) is 0 Å². The van der Waals surface area contributed by atoms with Crippen LogP contribution in [0.4, 0.5) is 0 Å². The quantitative estimate of drug-likeness (QED) is 0.363. The minimum Gasteiger partial charge on any atom is -0.430 e. The molecular weight excluding hydrogens is 107 g/mol. The number of rotatable bonds is 2. The normalized spacial score (nSPS) is 6.38. The third kappa shape index (κ3) is 44.0. The molecule has 0 saturated heterocycles. The monoisotopic (exact) mass is 118 g/mol. The second-order valence-corrected chi connectivity index (χ2v) is 0.885. The molecule has 0 aliphatic rings. The lowest BCUT2D eigenvalue weighted by molar-refractivity contribution is 0.234. The molecule has 2 N–H and O–H groups in total. The number of methoxy groups -OCH3 is 1. The molecule has 0 unspecified atom stereocenters. The topological polar surface area (TPSA) is 49.7 Å². The standard InChI is InChI=1S/C4H8O.BH3O2/c1-3-4-5-2;2-1-3/h3H,1,4H2,2H3;1-3H. The smallest absolute Gasteiger partial charge is 0.430 e. The van der Waals surface area contributed by atoms with Crippen LogP contribution in [-0.2, 0) is 4.74 Å². The lowest BCUT2D eigenvalue weighted by atomic mass is 10.5. The van der Waals surface area contributed by atoms with Gasteiger partial charge in [-0.3, -0.25) is 0 Å². The van der Waals surface area contributed by atoms with Crippen molar-refractivity contribution in [2.75, 3.05) is 13.7 Å². The first-order valence-electron chi connectivity index (χ1n) is 2.15. The number of hydrogen-bond acceptors (Lipinski definition) is 3. The fourth-order valence-corrected chi connectivity index (χ4v) is 0.118. The van der Waals surface area contributed by atoms with Crippen LogP contribution in [0.25, 0.3) is 0 Å². The van der Waals surface area contributed by atoms with E-state index in [0.29, 0.717) is 6.61 Å². The zero-order chi connectivity index (χ0) is 6.83. The second kappa shape index (κ2) is 15.9. The van der Waals surface area contributed by atoms with Crippen molar-refractivity contribution in [1.82, 2.24) is 0 Å². The van der Waals surface area contributed by atoms with Crippen LogP contribution in [0.2, 0.25) is 0 Å². The van der Waals surface area contributed by atoms with Crippen molar-refractivity contribution in [3.63, 3.8) is 0 Å². The maximum atomic E-state index is 7.12. The van der Waals surface area contributed by atoms with Gasteiger partial charge in [-0.2, -0.15) is 0 Å². The molecule has 4 heteroatoms. The third-order valence-corrected chi connectivity index (χ3v) is 0.285. The number of ether oxygens (including phenoxy) is 1. The molecule has 0 saturated carbocycles. The Labute approximate surface area is 49.9 Å². The van der Waals surface area contributed by atoms with Crippen molar-refractivity contribution < 1.29 is 14.8 Å². The van der Waals surface area contributed by atoms with E-state index < -0.39 is 7.69 Å². The van der Waals surface area contributed by atoms with Crippen molar-refractivity contribution in [3.05, 3.63) is 12.7 Å². The van der Waals surface area contributed by atoms with Gasteiger partial charge in [0.2, 0.25) is 0 Å². The highest BCUT2D eigenvalue weighted by Gasteiger charge is 1.58. The summed E-state index contributed by atoms with van der Waals surface area (Å²) in [6.07, 6.45) is 1.71. The fourth-order valence-electron chi connectivity index (χ4n) is 0.118. The molecule has 0 fully saturated rings. The maximum Gasteiger partial charge on any atom is 0.432 e. The second-order valence-electron chi connectivity index (χ2n) is 0.885. The van der Waals surface area contributed by atoms with Gasteiger partial charge in [0, 0.05) is 7.11 Å². The van der Waals surface area contributed by atoms with E-state index >= 15 is 0 Å². The van der Waals surface area contributed by atoms with Crippen molar-refractivity contribution in [2.45, 2.75) is 0 Å². The Morgan fingerprint density at radius 2 is 2.12 bits per heavy atom. The summed E-state index contributed by atoms with van der Waals surface area (Å²) in [6, 6.07) is 0. The summed E-state index contributed by atoms with van der Waals surface area (Å²) in [5, 5.41) is 14.2. The molecule has 0 aromatic rings. The summed E-state index contributed by atoms with van der Waals surface area (Å²) in [5.74, 6) is 0. The van der Waals surface area contributed by atoms with Crippen LogP contribution in [0.3, 0.4) is 0 Å². The van der Waals surface area contributed by atoms with E-state index in [0.717, 1.165) is 0 Å². The maximum absolute atomic E-state index is 7.12. The molecule has 0 bridgehead atoms. The van der Waals surface area contributed by atoms with Crippen molar-refractivity contribution in [3.8, 4) is 0 Å². The SMILES string of the molecule is C=CCOC.OBO. The molecule has 0 aliphatic carbocycles. The predicted octanol–water partition coefficient (Wildman–Crippen LogP) is -0.944. The van der Waals surface area contributed by atoms with Gasteiger partial charge in [0.25, 0.3) is 0 Å². The molecule has 0 amide bonds. The van der Waals surface area contributed by atoms with Crippen LogP contribution in [0.15, 0.2) is 12.7 Å². The Hall–Kier alpha value is -0.315. The first kappa shape index (κ1) is 10.6. The first-order valence-corrected chi connectivity index (χ1v) is 2.15. The van der Waals surface area contributed by atoms with Crippen LogP contribution in [0, 0.1) is 0 Å². The van der Waals surface area contributed by atoms with Gasteiger partial charge in [-0.1, -0.05) is 6.08 Å². The van der Waals surface area contributed by atoms with E-state index in [9.17, 15) is 0 Å². The first-order chi connectivity index (χ1) is 3.83. The molecule has 8 heavy (non-hydrogen) atoms. The van der Waals surface area contributed by atoms with E-state index in [4.69, 9.17) is 10.0 Å². The van der Waals surface area contributed by atoms with Gasteiger partial charge in [0.1, 0.15) is 0 Å². The van der Waals surface area contributed by atoms with E-state index in [1.165, 1.54) is 0 Å². The van der Waals surface area contributed by atoms with Gasteiger partial charge in [0.05, 0.1) is 6.61 Å². The van der Waals surface area contributed by atoms with Crippen LogP contribution < -0.4 is 0 Å². The fraction of sp³-hybridized carbons (Fsp3) is 0.500. The van der Waals surface area contributed by atoms with Gasteiger partial charge >= 0.3 is 7.69 Å². The molecule has 0 rings (SSSR count). The van der Waals surface area contributed by atoms with Crippen molar-refractivity contribution in [2.24, 2.45) is 0 Å². The molecule has 0 aromatic carbocycles. The molecule has 0 aliphatic heterocycles. The van der Waals surface area contributed by atoms with Gasteiger partial charge in [0.15, 0.2) is 0 Å². The summed E-state index contributed by atoms with van der Waals surface area (Å²) in [4.78, 5) is 0. The molecule has 0 aromatic heterocycles. The zero-order valence-electron chi connectivity index (χ0n) is 5.00. The van der Waals surface area contributed by atoms with Gasteiger partial charge in [-0.25, -0.2) is 0 Å². The minimum atomic E-state index is -0.750. The highest BCUT2D eigenvalue weighted by Crippen LogP contribution is 1.60. The van der Waals surface area contributed by atoms with Gasteiger partial charge in [-0.05, 0) is 0 Å². The lowest BCUT2D eigenvalue weighted by Gasteiger charge is -1.79. The predicted molar refractivity (Wildman–Crippen MR) is 33.7 cm³/mol. The van der Waals surface area contributed by atoms with Crippen molar-refractivity contribution >= 4 is 7.69 Å². The van der Waals surface area contributed by atoms with E-state index in [1.807, 2.05) is 0 Å². The number of hydrogen-bond donors (Lipinski definition) is 2. The average molecular weight is 118 g/mol. The largest absolute Gasteiger partial charge is 0.432 e.